The second-order valence-electron chi connectivity index (χ2n) is 5.27. The molecule has 0 amide bonds. The second-order valence-corrected chi connectivity index (χ2v) is 5.27. The minimum atomic E-state index is 0.156. The highest BCUT2D eigenvalue weighted by Crippen LogP contribution is 2.26. The zero-order valence-electron chi connectivity index (χ0n) is 12.4. The van der Waals surface area contributed by atoms with Crippen LogP contribution in [0.5, 0.6) is 0 Å². The third-order valence-corrected chi connectivity index (χ3v) is 3.49. The fraction of sp³-hybridized carbons (Fsp3) is 0.562. The standard InChI is InChI=1S/C16H24N2O2/c1-3-20-8-4-7-17-11-16(19)13-5-6-15-14(10-13)9-12(2)18-15/h5-6,10,12,17-18H,3-4,7-9,11H2,1-2H3. The van der Waals surface area contributed by atoms with Crippen molar-refractivity contribution in [2.75, 3.05) is 31.6 Å². The molecule has 1 heterocycles. The maximum Gasteiger partial charge on any atom is 0.176 e. The molecule has 1 aromatic carbocycles. The fourth-order valence-electron chi connectivity index (χ4n) is 2.47. The Hall–Kier alpha value is -1.39. The Morgan fingerprint density at radius 1 is 1.50 bits per heavy atom. The van der Waals surface area contributed by atoms with E-state index in [0.29, 0.717) is 12.6 Å². The third kappa shape index (κ3) is 4.05. The van der Waals surface area contributed by atoms with Crippen LogP contribution in [0, 0.1) is 0 Å². The maximum absolute atomic E-state index is 12.1. The van der Waals surface area contributed by atoms with Crippen LogP contribution in [0.25, 0.3) is 0 Å². The number of hydrogen-bond donors (Lipinski definition) is 2. The van der Waals surface area contributed by atoms with E-state index in [-0.39, 0.29) is 5.78 Å². The van der Waals surface area contributed by atoms with Gasteiger partial charge in [0, 0.05) is 30.5 Å². The summed E-state index contributed by atoms with van der Waals surface area (Å²) >= 11 is 0. The van der Waals surface area contributed by atoms with Gasteiger partial charge in [0.1, 0.15) is 0 Å². The average Bonchev–Trinajstić information content (AvgIpc) is 2.81. The first-order valence-electron chi connectivity index (χ1n) is 7.42. The van der Waals surface area contributed by atoms with Gasteiger partial charge in [0.05, 0.1) is 6.54 Å². The molecular weight excluding hydrogens is 252 g/mol. The number of rotatable bonds is 8. The Morgan fingerprint density at radius 2 is 2.35 bits per heavy atom. The molecule has 20 heavy (non-hydrogen) atoms. The summed E-state index contributed by atoms with van der Waals surface area (Å²) < 4.78 is 5.25. The molecule has 1 aromatic rings. The van der Waals surface area contributed by atoms with Crippen LogP contribution in [-0.2, 0) is 11.2 Å². The highest BCUT2D eigenvalue weighted by Gasteiger charge is 2.18. The number of carbonyl (C=O) groups is 1. The zero-order valence-corrected chi connectivity index (χ0v) is 12.4. The SMILES string of the molecule is CCOCCCNCC(=O)c1ccc2c(c1)CC(C)N2. The van der Waals surface area contributed by atoms with Crippen molar-refractivity contribution in [3.63, 3.8) is 0 Å². The number of benzene rings is 1. The predicted octanol–water partition coefficient (Wildman–Crippen LogP) is 2.24. The summed E-state index contributed by atoms with van der Waals surface area (Å²) in [5.41, 5.74) is 3.22. The Labute approximate surface area is 120 Å². The quantitative estimate of drug-likeness (QED) is 0.565. The summed E-state index contributed by atoms with van der Waals surface area (Å²) in [6.07, 6.45) is 1.94. The van der Waals surface area contributed by atoms with Crippen molar-refractivity contribution in [3.05, 3.63) is 29.3 Å². The smallest absolute Gasteiger partial charge is 0.176 e. The molecule has 110 valence electrons. The molecule has 2 N–H and O–H groups in total. The van der Waals surface area contributed by atoms with Gasteiger partial charge in [0.25, 0.3) is 0 Å². The summed E-state index contributed by atoms with van der Waals surface area (Å²) in [7, 11) is 0. The van der Waals surface area contributed by atoms with Crippen LogP contribution >= 0.6 is 0 Å². The first-order valence-corrected chi connectivity index (χ1v) is 7.42. The lowest BCUT2D eigenvalue weighted by atomic mass is 10.0. The van der Waals surface area contributed by atoms with Gasteiger partial charge in [-0.25, -0.2) is 0 Å². The minimum Gasteiger partial charge on any atom is -0.382 e. The normalized spacial score (nSPS) is 16.8. The van der Waals surface area contributed by atoms with E-state index in [0.717, 1.165) is 38.2 Å². The summed E-state index contributed by atoms with van der Waals surface area (Å²) in [5.74, 6) is 0.156. The molecule has 0 saturated carbocycles. The van der Waals surface area contributed by atoms with Crippen molar-refractivity contribution >= 4 is 11.5 Å². The molecule has 1 atom stereocenters. The third-order valence-electron chi connectivity index (χ3n) is 3.49. The van der Waals surface area contributed by atoms with E-state index >= 15 is 0 Å². The number of nitrogens with one attached hydrogen (secondary N) is 2. The van der Waals surface area contributed by atoms with Crippen molar-refractivity contribution in [1.29, 1.82) is 0 Å². The van der Waals surface area contributed by atoms with Crippen LogP contribution < -0.4 is 10.6 Å². The van der Waals surface area contributed by atoms with E-state index < -0.39 is 0 Å². The molecule has 0 spiro atoms. The van der Waals surface area contributed by atoms with Crippen LogP contribution in [0.15, 0.2) is 18.2 Å². The number of ketones is 1. The van der Waals surface area contributed by atoms with E-state index in [1.807, 2.05) is 25.1 Å². The van der Waals surface area contributed by atoms with Crippen molar-refractivity contribution in [2.24, 2.45) is 0 Å². The van der Waals surface area contributed by atoms with Gasteiger partial charge < -0.3 is 15.4 Å². The lowest BCUT2D eigenvalue weighted by Crippen LogP contribution is -2.24. The van der Waals surface area contributed by atoms with Crippen LogP contribution in [0.1, 0.15) is 36.2 Å². The zero-order chi connectivity index (χ0) is 14.4. The van der Waals surface area contributed by atoms with E-state index in [4.69, 9.17) is 4.74 Å². The molecule has 0 aliphatic carbocycles. The number of ether oxygens (including phenoxy) is 1. The Balaban J connectivity index is 1.77. The van der Waals surface area contributed by atoms with Gasteiger partial charge in [-0.15, -0.1) is 0 Å². The second kappa shape index (κ2) is 7.41. The molecule has 0 radical (unpaired) electrons. The average molecular weight is 276 g/mol. The largest absolute Gasteiger partial charge is 0.382 e. The molecule has 0 bridgehead atoms. The summed E-state index contributed by atoms with van der Waals surface area (Å²) in [4.78, 5) is 12.1. The topological polar surface area (TPSA) is 50.4 Å². The summed E-state index contributed by atoms with van der Waals surface area (Å²) in [6, 6.07) is 6.41. The minimum absolute atomic E-state index is 0.156. The molecule has 1 aliphatic heterocycles. The van der Waals surface area contributed by atoms with Gasteiger partial charge in [0.2, 0.25) is 0 Å². The number of carbonyl (C=O) groups excluding carboxylic acids is 1. The van der Waals surface area contributed by atoms with Gasteiger partial charge in [-0.3, -0.25) is 4.79 Å². The first kappa shape index (κ1) is 15.0. The van der Waals surface area contributed by atoms with Crippen molar-refractivity contribution < 1.29 is 9.53 Å². The number of fused-ring (bicyclic) bond motifs is 1. The molecule has 4 heteroatoms. The molecule has 0 aromatic heterocycles. The molecule has 2 rings (SSSR count). The van der Waals surface area contributed by atoms with Gasteiger partial charge in [-0.2, -0.15) is 0 Å². The lowest BCUT2D eigenvalue weighted by molar-refractivity contribution is 0.0988. The monoisotopic (exact) mass is 276 g/mol. The molecule has 1 unspecified atom stereocenters. The van der Waals surface area contributed by atoms with Crippen LogP contribution in [0.4, 0.5) is 5.69 Å². The molecule has 0 saturated heterocycles. The van der Waals surface area contributed by atoms with Gasteiger partial charge in [0.15, 0.2) is 5.78 Å². The van der Waals surface area contributed by atoms with E-state index in [2.05, 4.69) is 17.6 Å². The van der Waals surface area contributed by atoms with E-state index in [1.165, 1.54) is 11.3 Å². The lowest BCUT2D eigenvalue weighted by Gasteiger charge is -2.06. The van der Waals surface area contributed by atoms with E-state index in [1.54, 1.807) is 0 Å². The van der Waals surface area contributed by atoms with E-state index in [9.17, 15) is 4.79 Å². The summed E-state index contributed by atoms with van der Waals surface area (Å²) in [6.45, 7) is 6.85. The number of hydrogen-bond acceptors (Lipinski definition) is 4. The fourth-order valence-corrected chi connectivity index (χ4v) is 2.47. The van der Waals surface area contributed by atoms with Gasteiger partial charge in [-0.1, -0.05) is 0 Å². The highest BCUT2D eigenvalue weighted by atomic mass is 16.5. The van der Waals surface area contributed by atoms with Crippen molar-refractivity contribution in [3.8, 4) is 0 Å². The Bertz CT molecular complexity index is 460. The van der Waals surface area contributed by atoms with Crippen LogP contribution in [-0.4, -0.2) is 38.1 Å². The summed E-state index contributed by atoms with van der Waals surface area (Å²) in [5, 5.41) is 6.57. The molecule has 4 nitrogen and oxygen atoms in total. The molecule has 0 fully saturated rings. The number of anilines is 1. The van der Waals surface area contributed by atoms with Crippen molar-refractivity contribution in [2.45, 2.75) is 32.7 Å². The Morgan fingerprint density at radius 3 is 3.15 bits per heavy atom. The highest BCUT2D eigenvalue weighted by molar-refractivity contribution is 5.98. The van der Waals surface area contributed by atoms with Crippen molar-refractivity contribution in [1.82, 2.24) is 5.32 Å². The van der Waals surface area contributed by atoms with Crippen LogP contribution in [0.2, 0.25) is 0 Å². The maximum atomic E-state index is 12.1. The molecular formula is C16H24N2O2. The van der Waals surface area contributed by atoms with Gasteiger partial charge >= 0.3 is 0 Å². The predicted molar refractivity (Wildman–Crippen MR) is 81.5 cm³/mol. The van der Waals surface area contributed by atoms with Gasteiger partial charge in [-0.05, 0) is 57.0 Å². The Kier molecular flexibility index (Phi) is 5.56. The number of Topliss-reactive ketones (excluding diaryl/α,β-unsaturated/α-hetero) is 1. The van der Waals surface area contributed by atoms with Crippen LogP contribution in [0.3, 0.4) is 0 Å². The first-order chi connectivity index (χ1) is 9.70. The molecule has 1 aliphatic rings.